The van der Waals surface area contributed by atoms with Gasteiger partial charge >= 0.3 is 6.03 Å². The molecule has 3 nitrogen and oxygen atoms in total. The maximum Gasteiger partial charge on any atom is 0.326 e. The number of para-hydroxylation sites is 1. The summed E-state index contributed by atoms with van der Waals surface area (Å²) in [5.41, 5.74) is 1.20. The van der Waals surface area contributed by atoms with E-state index < -0.39 is 0 Å². The molecule has 0 saturated heterocycles. The third-order valence-corrected chi connectivity index (χ3v) is 2.52. The molecule has 1 N–H and O–H groups in total. The SMILES string of the molecule is CN(C(=O)Nc1cccc(F)c1)c1ccccc1. The van der Waals surface area contributed by atoms with Gasteiger partial charge in [-0.05, 0) is 30.3 Å². The van der Waals surface area contributed by atoms with Crippen LogP contribution in [0.1, 0.15) is 0 Å². The van der Waals surface area contributed by atoms with E-state index in [0.29, 0.717) is 5.69 Å². The van der Waals surface area contributed by atoms with E-state index in [1.54, 1.807) is 19.2 Å². The molecule has 2 aromatic rings. The number of halogens is 1. The molecule has 2 aromatic carbocycles. The number of carbonyl (C=O) groups is 1. The number of amides is 2. The Morgan fingerprint density at radius 3 is 2.50 bits per heavy atom. The van der Waals surface area contributed by atoms with Crippen molar-refractivity contribution in [2.45, 2.75) is 0 Å². The molecular weight excluding hydrogens is 231 g/mol. The van der Waals surface area contributed by atoms with E-state index in [4.69, 9.17) is 0 Å². The molecular formula is C14H13FN2O. The lowest BCUT2D eigenvalue weighted by molar-refractivity contribution is 0.258. The molecule has 0 radical (unpaired) electrons. The Morgan fingerprint density at radius 2 is 1.83 bits per heavy atom. The van der Waals surface area contributed by atoms with Crippen LogP contribution in [0.3, 0.4) is 0 Å². The van der Waals surface area contributed by atoms with Crippen LogP contribution < -0.4 is 10.2 Å². The number of hydrogen-bond acceptors (Lipinski definition) is 1. The smallest absolute Gasteiger partial charge is 0.307 e. The van der Waals surface area contributed by atoms with E-state index in [-0.39, 0.29) is 11.8 Å². The molecule has 0 spiro atoms. The van der Waals surface area contributed by atoms with E-state index in [9.17, 15) is 9.18 Å². The van der Waals surface area contributed by atoms with Crippen molar-refractivity contribution in [2.75, 3.05) is 17.3 Å². The first-order chi connectivity index (χ1) is 8.66. The van der Waals surface area contributed by atoms with Crippen molar-refractivity contribution in [1.29, 1.82) is 0 Å². The zero-order valence-corrected chi connectivity index (χ0v) is 9.93. The lowest BCUT2D eigenvalue weighted by atomic mass is 10.3. The summed E-state index contributed by atoms with van der Waals surface area (Å²) in [6.45, 7) is 0. The molecule has 0 atom stereocenters. The highest BCUT2D eigenvalue weighted by Gasteiger charge is 2.10. The largest absolute Gasteiger partial charge is 0.326 e. The fraction of sp³-hybridized carbons (Fsp3) is 0.0714. The molecule has 0 aliphatic rings. The van der Waals surface area contributed by atoms with Crippen molar-refractivity contribution < 1.29 is 9.18 Å². The quantitative estimate of drug-likeness (QED) is 0.861. The van der Waals surface area contributed by atoms with Gasteiger partial charge in [-0.3, -0.25) is 4.90 Å². The molecule has 92 valence electrons. The Labute approximate surface area is 105 Å². The molecule has 0 unspecified atom stereocenters. The highest BCUT2D eigenvalue weighted by molar-refractivity contribution is 6.01. The van der Waals surface area contributed by atoms with Crippen LogP contribution in [0, 0.1) is 5.82 Å². The fourth-order valence-corrected chi connectivity index (χ4v) is 1.54. The van der Waals surface area contributed by atoms with Crippen LogP contribution in [0.25, 0.3) is 0 Å². The molecule has 4 heteroatoms. The van der Waals surface area contributed by atoms with Gasteiger partial charge < -0.3 is 5.32 Å². The summed E-state index contributed by atoms with van der Waals surface area (Å²) in [5, 5.41) is 2.63. The molecule has 2 amide bonds. The lowest BCUT2D eigenvalue weighted by Crippen LogP contribution is -2.31. The van der Waals surface area contributed by atoms with Crippen LogP contribution in [-0.2, 0) is 0 Å². The summed E-state index contributed by atoms with van der Waals surface area (Å²) in [4.78, 5) is 13.4. The number of benzene rings is 2. The first-order valence-corrected chi connectivity index (χ1v) is 5.52. The van der Waals surface area contributed by atoms with Gasteiger partial charge in [-0.25, -0.2) is 9.18 Å². The number of anilines is 2. The van der Waals surface area contributed by atoms with Gasteiger partial charge in [0.25, 0.3) is 0 Å². The van der Waals surface area contributed by atoms with Gasteiger partial charge in [0.15, 0.2) is 0 Å². The van der Waals surface area contributed by atoms with Crippen LogP contribution in [-0.4, -0.2) is 13.1 Å². The predicted octanol–water partition coefficient (Wildman–Crippen LogP) is 3.49. The van der Waals surface area contributed by atoms with Crippen molar-refractivity contribution in [3.8, 4) is 0 Å². The Hall–Kier alpha value is -2.36. The van der Waals surface area contributed by atoms with E-state index in [1.807, 2.05) is 30.3 Å². The zero-order valence-electron chi connectivity index (χ0n) is 9.93. The van der Waals surface area contributed by atoms with Crippen LogP contribution in [0.15, 0.2) is 54.6 Å². The third kappa shape index (κ3) is 2.85. The molecule has 0 aromatic heterocycles. The minimum absolute atomic E-state index is 0.313. The predicted molar refractivity (Wildman–Crippen MR) is 70.3 cm³/mol. The van der Waals surface area contributed by atoms with Crippen molar-refractivity contribution >= 4 is 17.4 Å². The van der Waals surface area contributed by atoms with Crippen molar-refractivity contribution in [3.05, 3.63) is 60.4 Å². The Bertz CT molecular complexity index is 543. The number of nitrogens with one attached hydrogen (secondary N) is 1. The zero-order chi connectivity index (χ0) is 13.0. The lowest BCUT2D eigenvalue weighted by Gasteiger charge is -2.17. The second-order valence-electron chi connectivity index (χ2n) is 3.84. The maximum atomic E-state index is 13.0. The number of hydrogen-bond donors (Lipinski definition) is 1. The highest BCUT2D eigenvalue weighted by atomic mass is 19.1. The van der Waals surface area contributed by atoms with Crippen LogP contribution in [0.4, 0.5) is 20.6 Å². The highest BCUT2D eigenvalue weighted by Crippen LogP contribution is 2.14. The molecule has 2 rings (SSSR count). The van der Waals surface area contributed by atoms with Crippen LogP contribution in [0.5, 0.6) is 0 Å². The topological polar surface area (TPSA) is 32.3 Å². The molecule has 18 heavy (non-hydrogen) atoms. The second-order valence-corrected chi connectivity index (χ2v) is 3.84. The second kappa shape index (κ2) is 5.31. The average Bonchev–Trinajstić information content (AvgIpc) is 2.39. The summed E-state index contributed by atoms with van der Waals surface area (Å²) >= 11 is 0. The number of urea groups is 1. The van der Waals surface area contributed by atoms with Gasteiger partial charge in [-0.15, -0.1) is 0 Å². The summed E-state index contributed by atoms with van der Waals surface area (Å²) in [6.07, 6.45) is 0. The first kappa shape index (κ1) is 12.1. The molecule has 0 aliphatic heterocycles. The Kier molecular flexibility index (Phi) is 3.57. The van der Waals surface area contributed by atoms with Gasteiger partial charge in [0, 0.05) is 18.4 Å². The van der Waals surface area contributed by atoms with Crippen molar-refractivity contribution in [1.82, 2.24) is 0 Å². The molecule has 0 bridgehead atoms. The standard InChI is InChI=1S/C14H13FN2O/c1-17(13-8-3-2-4-9-13)14(18)16-12-7-5-6-11(15)10-12/h2-10H,1H3,(H,16,18). The normalized spacial score (nSPS) is 9.89. The average molecular weight is 244 g/mol. The van der Waals surface area contributed by atoms with Crippen LogP contribution in [0.2, 0.25) is 0 Å². The minimum atomic E-state index is -0.379. The van der Waals surface area contributed by atoms with Gasteiger partial charge in [-0.2, -0.15) is 0 Å². The first-order valence-electron chi connectivity index (χ1n) is 5.52. The molecule has 0 aliphatic carbocycles. The van der Waals surface area contributed by atoms with Crippen LogP contribution >= 0.6 is 0 Å². The number of carbonyl (C=O) groups excluding carboxylic acids is 1. The van der Waals surface area contributed by atoms with Crippen molar-refractivity contribution in [2.24, 2.45) is 0 Å². The number of nitrogens with zero attached hydrogens (tertiary/aromatic N) is 1. The molecule has 0 heterocycles. The van der Waals surface area contributed by atoms with Gasteiger partial charge in [0.05, 0.1) is 0 Å². The summed E-state index contributed by atoms with van der Waals surface area (Å²) in [7, 11) is 1.66. The molecule has 0 saturated carbocycles. The Morgan fingerprint density at radius 1 is 1.11 bits per heavy atom. The maximum absolute atomic E-state index is 13.0. The van der Waals surface area contributed by atoms with E-state index in [0.717, 1.165) is 5.69 Å². The summed E-state index contributed by atoms with van der Waals surface area (Å²) < 4.78 is 13.0. The van der Waals surface area contributed by atoms with Crippen molar-refractivity contribution in [3.63, 3.8) is 0 Å². The van der Waals surface area contributed by atoms with E-state index in [1.165, 1.54) is 17.0 Å². The third-order valence-electron chi connectivity index (χ3n) is 2.52. The van der Waals surface area contributed by atoms with E-state index >= 15 is 0 Å². The van der Waals surface area contributed by atoms with Gasteiger partial charge in [-0.1, -0.05) is 24.3 Å². The Balaban J connectivity index is 2.09. The fourth-order valence-electron chi connectivity index (χ4n) is 1.54. The van der Waals surface area contributed by atoms with Gasteiger partial charge in [0.2, 0.25) is 0 Å². The monoisotopic (exact) mass is 244 g/mol. The summed E-state index contributed by atoms with van der Waals surface area (Å²) in [5.74, 6) is -0.379. The van der Waals surface area contributed by atoms with E-state index in [2.05, 4.69) is 5.32 Å². The minimum Gasteiger partial charge on any atom is -0.307 e. The molecule has 0 fully saturated rings. The number of rotatable bonds is 2. The summed E-state index contributed by atoms with van der Waals surface area (Å²) in [6, 6.07) is 14.7. The van der Waals surface area contributed by atoms with Gasteiger partial charge in [0.1, 0.15) is 5.82 Å².